The number of carbonyl (C=O) groups is 2. The number of esters is 1. The predicted octanol–water partition coefficient (Wildman–Crippen LogP) is 1.85. The number of rotatable bonds is 5. The topological polar surface area (TPSA) is 135 Å². The molecule has 2 aromatic rings. The Labute approximate surface area is 129 Å². The van der Waals surface area contributed by atoms with Gasteiger partial charge in [-0.05, 0) is 18.2 Å². The van der Waals surface area contributed by atoms with Gasteiger partial charge in [-0.1, -0.05) is 0 Å². The van der Waals surface area contributed by atoms with Crippen molar-refractivity contribution < 1.29 is 23.7 Å². The Kier molecular flexibility index (Phi) is 4.69. The molecule has 0 saturated carbocycles. The second-order valence-electron chi connectivity index (χ2n) is 4.20. The van der Waals surface area contributed by atoms with E-state index in [-0.39, 0.29) is 22.7 Å². The number of amides is 1. The van der Waals surface area contributed by atoms with Gasteiger partial charge in [0, 0.05) is 12.1 Å². The predicted molar refractivity (Wildman–Crippen MR) is 75.4 cm³/mol. The SMILES string of the molecule is N#Cc1cc([N+](=O)[O-])ccc1NC(=O)COC(=O)c1ccco1. The molecule has 9 heteroatoms. The van der Waals surface area contributed by atoms with E-state index in [9.17, 15) is 19.7 Å². The molecule has 116 valence electrons. The van der Waals surface area contributed by atoms with Crippen LogP contribution in [0.3, 0.4) is 0 Å². The summed E-state index contributed by atoms with van der Waals surface area (Å²) in [5.74, 6) is -1.56. The summed E-state index contributed by atoms with van der Waals surface area (Å²) < 4.78 is 9.52. The molecule has 0 fully saturated rings. The van der Waals surface area contributed by atoms with Gasteiger partial charge in [0.05, 0.1) is 22.4 Å². The Balaban J connectivity index is 1.99. The molecule has 0 atom stereocenters. The van der Waals surface area contributed by atoms with Crippen LogP contribution >= 0.6 is 0 Å². The molecule has 23 heavy (non-hydrogen) atoms. The summed E-state index contributed by atoms with van der Waals surface area (Å²) in [5, 5.41) is 21.9. The minimum Gasteiger partial charge on any atom is -0.457 e. The Morgan fingerprint density at radius 2 is 2.17 bits per heavy atom. The lowest BCUT2D eigenvalue weighted by atomic mass is 10.1. The summed E-state index contributed by atoms with van der Waals surface area (Å²) >= 11 is 0. The molecular formula is C14H9N3O6. The van der Waals surface area contributed by atoms with Gasteiger partial charge in [-0.15, -0.1) is 0 Å². The van der Waals surface area contributed by atoms with Crippen LogP contribution in [0.5, 0.6) is 0 Å². The maximum absolute atomic E-state index is 11.7. The Morgan fingerprint density at radius 3 is 2.78 bits per heavy atom. The van der Waals surface area contributed by atoms with E-state index in [2.05, 4.69) is 5.32 Å². The van der Waals surface area contributed by atoms with Crippen LogP contribution in [0, 0.1) is 21.4 Å². The van der Waals surface area contributed by atoms with Crippen LogP contribution in [0.4, 0.5) is 11.4 Å². The van der Waals surface area contributed by atoms with Crippen LogP contribution in [-0.4, -0.2) is 23.4 Å². The summed E-state index contributed by atoms with van der Waals surface area (Å²) in [4.78, 5) is 33.2. The Hall–Kier alpha value is -3.67. The van der Waals surface area contributed by atoms with E-state index in [0.717, 1.165) is 12.1 Å². The monoisotopic (exact) mass is 315 g/mol. The number of hydrogen-bond acceptors (Lipinski definition) is 7. The van der Waals surface area contributed by atoms with Crippen LogP contribution in [0.2, 0.25) is 0 Å². The smallest absolute Gasteiger partial charge is 0.374 e. The standard InChI is InChI=1S/C14H9N3O6/c15-7-9-6-10(17(20)21)3-4-11(9)16-13(18)8-23-14(19)12-2-1-5-22-12/h1-6H,8H2,(H,16,18). The van der Waals surface area contributed by atoms with Gasteiger partial charge in [-0.2, -0.15) is 5.26 Å². The largest absolute Gasteiger partial charge is 0.457 e. The highest BCUT2D eigenvalue weighted by atomic mass is 16.6. The second-order valence-corrected chi connectivity index (χ2v) is 4.20. The molecule has 0 aliphatic rings. The fourth-order valence-corrected chi connectivity index (χ4v) is 1.63. The van der Waals surface area contributed by atoms with Gasteiger partial charge in [-0.25, -0.2) is 4.79 Å². The number of nitro groups is 1. The molecule has 0 aliphatic heterocycles. The molecule has 9 nitrogen and oxygen atoms in total. The lowest BCUT2D eigenvalue weighted by Crippen LogP contribution is -2.21. The van der Waals surface area contributed by atoms with Crippen molar-refractivity contribution in [3.05, 3.63) is 58.0 Å². The van der Waals surface area contributed by atoms with Crippen LogP contribution in [0.25, 0.3) is 0 Å². The Morgan fingerprint density at radius 1 is 1.39 bits per heavy atom. The molecule has 1 aromatic carbocycles. The molecule has 1 heterocycles. The van der Waals surface area contributed by atoms with Crippen LogP contribution in [0.15, 0.2) is 41.0 Å². The average Bonchev–Trinajstić information content (AvgIpc) is 3.07. The maximum Gasteiger partial charge on any atom is 0.374 e. The number of carbonyl (C=O) groups excluding carboxylic acids is 2. The van der Waals surface area contributed by atoms with Gasteiger partial charge in [0.15, 0.2) is 6.61 Å². The molecule has 0 aliphatic carbocycles. The van der Waals surface area contributed by atoms with Crippen molar-refractivity contribution >= 4 is 23.3 Å². The lowest BCUT2D eigenvalue weighted by Gasteiger charge is -2.07. The maximum atomic E-state index is 11.7. The number of hydrogen-bond donors (Lipinski definition) is 1. The summed E-state index contributed by atoms with van der Waals surface area (Å²) in [6.07, 6.45) is 1.28. The Bertz CT molecular complexity index is 791. The van der Waals surface area contributed by atoms with E-state index < -0.39 is 23.4 Å². The van der Waals surface area contributed by atoms with Crippen molar-refractivity contribution in [3.63, 3.8) is 0 Å². The molecule has 0 spiro atoms. The van der Waals surface area contributed by atoms with Crippen LogP contribution in [0.1, 0.15) is 16.1 Å². The fraction of sp³-hybridized carbons (Fsp3) is 0.0714. The summed E-state index contributed by atoms with van der Waals surface area (Å²) in [6, 6.07) is 8.02. The quantitative estimate of drug-likeness (QED) is 0.505. The fourth-order valence-electron chi connectivity index (χ4n) is 1.63. The minimum atomic E-state index is -0.811. The van der Waals surface area contributed by atoms with Gasteiger partial charge < -0.3 is 14.5 Å². The molecule has 0 unspecified atom stereocenters. The second kappa shape index (κ2) is 6.86. The molecule has 0 radical (unpaired) electrons. The van der Waals surface area contributed by atoms with E-state index in [1.54, 1.807) is 6.07 Å². The summed E-state index contributed by atoms with van der Waals surface area (Å²) in [7, 11) is 0. The van der Waals surface area contributed by atoms with Crippen molar-refractivity contribution in [2.45, 2.75) is 0 Å². The van der Waals surface area contributed by atoms with Crippen molar-refractivity contribution in [2.24, 2.45) is 0 Å². The van der Waals surface area contributed by atoms with Gasteiger partial charge in [0.2, 0.25) is 5.76 Å². The number of nitrogens with zero attached hydrogens (tertiary/aromatic N) is 2. The molecule has 1 aromatic heterocycles. The highest BCUT2D eigenvalue weighted by Crippen LogP contribution is 2.21. The number of furan rings is 1. The number of nitrogens with one attached hydrogen (secondary N) is 1. The van der Waals surface area contributed by atoms with Gasteiger partial charge >= 0.3 is 5.97 Å². The van der Waals surface area contributed by atoms with Gasteiger partial charge in [0.1, 0.15) is 6.07 Å². The first-order chi connectivity index (χ1) is 11.0. The zero-order valence-corrected chi connectivity index (χ0v) is 11.5. The van der Waals surface area contributed by atoms with Crippen molar-refractivity contribution in [1.82, 2.24) is 0 Å². The number of nitriles is 1. The normalized spacial score (nSPS) is 9.70. The number of benzene rings is 1. The van der Waals surface area contributed by atoms with Crippen molar-refractivity contribution in [1.29, 1.82) is 5.26 Å². The van der Waals surface area contributed by atoms with E-state index in [1.165, 1.54) is 24.5 Å². The lowest BCUT2D eigenvalue weighted by molar-refractivity contribution is -0.384. The molecule has 0 bridgehead atoms. The third-order valence-corrected chi connectivity index (χ3v) is 2.67. The minimum absolute atomic E-state index is 0.0501. The summed E-state index contributed by atoms with van der Waals surface area (Å²) in [5.41, 5.74) is -0.272. The highest BCUT2D eigenvalue weighted by Gasteiger charge is 2.15. The molecule has 1 amide bonds. The summed E-state index contributed by atoms with van der Waals surface area (Å²) in [6.45, 7) is -0.596. The molecule has 2 rings (SSSR count). The molecular weight excluding hydrogens is 306 g/mol. The van der Waals surface area contributed by atoms with E-state index in [4.69, 9.17) is 14.4 Å². The van der Waals surface area contributed by atoms with Crippen LogP contribution in [-0.2, 0) is 9.53 Å². The van der Waals surface area contributed by atoms with Crippen LogP contribution < -0.4 is 5.32 Å². The van der Waals surface area contributed by atoms with E-state index >= 15 is 0 Å². The van der Waals surface area contributed by atoms with Gasteiger partial charge in [-0.3, -0.25) is 14.9 Å². The number of nitro benzene ring substituents is 1. The zero-order valence-electron chi connectivity index (χ0n) is 11.5. The van der Waals surface area contributed by atoms with E-state index in [0.29, 0.717) is 0 Å². The molecule has 1 N–H and O–H groups in total. The van der Waals surface area contributed by atoms with E-state index in [1.807, 2.05) is 0 Å². The molecule has 0 saturated heterocycles. The third-order valence-electron chi connectivity index (χ3n) is 2.67. The highest BCUT2D eigenvalue weighted by molar-refractivity contribution is 5.95. The zero-order chi connectivity index (χ0) is 16.8. The number of non-ortho nitro benzene ring substituents is 1. The number of ether oxygens (including phenoxy) is 1. The van der Waals surface area contributed by atoms with Crippen molar-refractivity contribution in [3.8, 4) is 6.07 Å². The first-order valence-electron chi connectivity index (χ1n) is 6.20. The average molecular weight is 315 g/mol. The van der Waals surface area contributed by atoms with Gasteiger partial charge in [0.25, 0.3) is 11.6 Å². The first kappa shape index (κ1) is 15.7. The third kappa shape index (κ3) is 3.92. The first-order valence-corrected chi connectivity index (χ1v) is 6.20. The number of anilines is 1. The van der Waals surface area contributed by atoms with Crippen molar-refractivity contribution in [2.75, 3.05) is 11.9 Å².